The van der Waals surface area contributed by atoms with Crippen molar-refractivity contribution < 1.29 is 0 Å². The summed E-state index contributed by atoms with van der Waals surface area (Å²) in [6, 6.07) is 0. The fourth-order valence-electron chi connectivity index (χ4n) is 2.06. The minimum atomic E-state index is -1.84. The highest BCUT2D eigenvalue weighted by atomic mass is 28.4. The third-order valence-electron chi connectivity index (χ3n) is 2.71. The molecule has 0 saturated heterocycles. The van der Waals surface area contributed by atoms with E-state index in [1.54, 1.807) is 0 Å². The lowest BCUT2D eigenvalue weighted by Gasteiger charge is -2.45. The predicted molar refractivity (Wildman–Crippen MR) is 69.7 cm³/mol. The Labute approximate surface area is 96.3 Å². The largest absolute Gasteiger partial charge is 0.370 e. The summed E-state index contributed by atoms with van der Waals surface area (Å²) >= 11 is 0. The lowest BCUT2D eigenvalue weighted by molar-refractivity contribution is 0.363. The molecule has 0 spiro atoms. The lowest BCUT2D eigenvalue weighted by Crippen LogP contribution is -2.80. The molecular weight excluding hydrogens is 204 g/mol. The third kappa shape index (κ3) is 3.53. The molecule has 0 aromatic heterocycles. The minimum Gasteiger partial charge on any atom is -0.301 e. The summed E-state index contributed by atoms with van der Waals surface area (Å²) in [5.41, 5.74) is 0. The van der Waals surface area contributed by atoms with E-state index in [0.717, 1.165) is 26.2 Å². The quantitative estimate of drug-likeness (QED) is 0.598. The van der Waals surface area contributed by atoms with Crippen LogP contribution in [0.3, 0.4) is 0 Å². The highest BCUT2D eigenvalue weighted by Crippen LogP contribution is 2.05. The Hall–Kier alpha value is 0.0569. The van der Waals surface area contributed by atoms with Crippen LogP contribution in [0.2, 0.25) is 0 Å². The van der Waals surface area contributed by atoms with Crippen LogP contribution in [0.1, 0.15) is 27.7 Å². The lowest BCUT2D eigenvalue weighted by atomic mass is 10.7. The average Bonchev–Trinajstić information content (AvgIpc) is 2.19. The smallest absolute Gasteiger partial charge is 0.301 e. The molecule has 15 heavy (non-hydrogen) atoms. The molecule has 0 aliphatic carbocycles. The predicted octanol–water partition coefficient (Wildman–Crippen LogP) is 0.544. The molecule has 0 radical (unpaired) electrons. The Balaban J connectivity index is 4.89. The van der Waals surface area contributed by atoms with E-state index in [1.807, 2.05) is 0 Å². The number of nitrogens with one attached hydrogen (secondary N) is 2. The second-order valence-corrected chi connectivity index (χ2v) is 7.38. The van der Waals surface area contributed by atoms with Crippen molar-refractivity contribution in [1.29, 1.82) is 0 Å². The summed E-state index contributed by atoms with van der Waals surface area (Å²) in [5, 5.41) is 0. The first-order chi connectivity index (χ1) is 7.08. The van der Waals surface area contributed by atoms with E-state index in [2.05, 4.69) is 60.9 Å². The van der Waals surface area contributed by atoms with Crippen molar-refractivity contribution in [3.63, 3.8) is 0 Å². The Bertz CT molecular complexity index is 154. The van der Waals surface area contributed by atoms with Crippen molar-refractivity contribution in [3.05, 3.63) is 0 Å². The molecule has 92 valence electrons. The molecule has 2 N–H and O–H groups in total. The van der Waals surface area contributed by atoms with Crippen LogP contribution in [0.5, 0.6) is 0 Å². The van der Waals surface area contributed by atoms with Crippen LogP contribution >= 0.6 is 0 Å². The molecule has 0 amide bonds. The van der Waals surface area contributed by atoms with Gasteiger partial charge in [-0.05, 0) is 40.3 Å². The summed E-state index contributed by atoms with van der Waals surface area (Å²) in [5.74, 6) is 0. The van der Waals surface area contributed by atoms with Gasteiger partial charge in [0.2, 0.25) is 0 Å². The monoisotopic (exact) mass is 232 g/mol. The third-order valence-corrected chi connectivity index (χ3v) is 7.25. The van der Waals surface area contributed by atoms with Gasteiger partial charge >= 0.3 is 8.72 Å². The van der Waals surface area contributed by atoms with Crippen LogP contribution in [0, 0.1) is 0 Å². The maximum atomic E-state index is 3.68. The number of hydrogen-bond acceptors (Lipinski definition) is 4. The summed E-state index contributed by atoms with van der Waals surface area (Å²) < 4.78 is 4.87. The van der Waals surface area contributed by atoms with Gasteiger partial charge in [0.25, 0.3) is 0 Å². The highest BCUT2D eigenvalue weighted by Gasteiger charge is 2.41. The summed E-state index contributed by atoms with van der Waals surface area (Å²) in [6.45, 7) is 13.0. The second kappa shape index (κ2) is 7.35. The Morgan fingerprint density at radius 1 is 0.867 bits per heavy atom. The molecular formula is C10H28N4Si. The fraction of sp³-hybridized carbons (Fsp3) is 1.00. The number of nitrogens with zero attached hydrogens (tertiary/aromatic N) is 2. The highest BCUT2D eigenvalue weighted by molar-refractivity contribution is 6.69. The maximum Gasteiger partial charge on any atom is 0.370 e. The van der Waals surface area contributed by atoms with Crippen LogP contribution < -0.4 is 9.96 Å². The fourth-order valence-corrected chi connectivity index (χ4v) is 5.73. The van der Waals surface area contributed by atoms with Gasteiger partial charge in [-0.2, -0.15) is 0 Å². The van der Waals surface area contributed by atoms with Crippen LogP contribution in [0.15, 0.2) is 0 Å². The molecule has 4 nitrogen and oxygen atoms in total. The number of rotatable bonds is 8. The molecule has 0 saturated carbocycles. The maximum absolute atomic E-state index is 3.68. The molecule has 0 unspecified atom stereocenters. The topological polar surface area (TPSA) is 30.5 Å². The molecule has 0 atom stereocenters. The van der Waals surface area contributed by atoms with E-state index < -0.39 is 8.72 Å². The molecule has 0 fully saturated rings. The van der Waals surface area contributed by atoms with Gasteiger partial charge in [-0.1, -0.05) is 27.7 Å². The molecule has 0 aliphatic rings. The Morgan fingerprint density at radius 3 is 1.47 bits per heavy atom. The van der Waals surface area contributed by atoms with Gasteiger partial charge in [0.05, 0.1) is 0 Å². The van der Waals surface area contributed by atoms with E-state index in [1.165, 1.54) is 0 Å². The standard InChI is InChI=1S/C10H28N4Si/c1-7-11-15(12-8-2,13(5)6)14(9-3)10-4/h11-12H,7-10H2,1-6H3. The van der Waals surface area contributed by atoms with Crippen molar-refractivity contribution >= 4 is 8.72 Å². The summed E-state index contributed by atoms with van der Waals surface area (Å²) in [6.07, 6.45) is 0. The van der Waals surface area contributed by atoms with Crippen LogP contribution in [-0.2, 0) is 0 Å². The minimum absolute atomic E-state index is 1.01. The normalized spacial score (nSPS) is 12.8. The van der Waals surface area contributed by atoms with Gasteiger partial charge < -0.3 is 9.96 Å². The van der Waals surface area contributed by atoms with E-state index >= 15 is 0 Å². The van der Waals surface area contributed by atoms with Gasteiger partial charge in [0.1, 0.15) is 0 Å². The van der Waals surface area contributed by atoms with E-state index in [4.69, 9.17) is 0 Å². The van der Waals surface area contributed by atoms with E-state index in [-0.39, 0.29) is 0 Å². The molecule has 0 aliphatic heterocycles. The molecule has 0 bridgehead atoms. The van der Waals surface area contributed by atoms with Gasteiger partial charge in [-0.3, -0.25) is 9.13 Å². The van der Waals surface area contributed by atoms with E-state index in [0.29, 0.717) is 0 Å². The molecule has 0 aromatic carbocycles. The Morgan fingerprint density at radius 2 is 1.27 bits per heavy atom. The summed E-state index contributed by atoms with van der Waals surface area (Å²) in [4.78, 5) is 7.36. The Kier molecular flexibility index (Phi) is 7.38. The van der Waals surface area contributed by atoms with Crippen LogP contribution in [0.4, 0.5) is 0 Å². The zero-order valence-corrected chi connectivity index (χ0v) is 12.2. The van der Waals surface area contributed by atoms with Crippen molar-refractivity contribution in [2.24, 2.45) is 0 Å². The molecule has 0 heterocycles. The van der Waals surface area contributed by atoms with Crippen molar-refractivity contribution in [1.82, 2.24) is 19.1 Å². The van der Waals surface area contributed by atoms with Crippen molar-refractivity contribution in [2.75, 3.05) is 40.3 Å². The first kappa shape index (κ1) is 15.1. The van der Waals surface area contributed by atoms with Crippen LogP contribution in [0.25, 0.3) is 0 Å². The molecule has 5 heteroatoms. The summed E-state index contributed by atoms with van der Waals surface area (Å²) in [7, 11) is 2.49. The van der Waals surface area contributed by atoms with Gasteiger partial charge in [-0.15, -0.1) is 0 Å². The van der Waals surface area contributed by atoms with Gasteiger partial charge in [0.15, 0.2) is 0 Å². The van der Waals surface area contributed by atoms with Crippen molar-refractivity contribution in [2.45, 2.75) is 27.7 Å². The number of hydrogen-bond donors (Lipinski definition) is 2. The second-order valence-electron chi connectivity index (χ2n) is 3.80. The van der Waals surface area contributed by atoms with Crippen LogP contribution in [-0.4, -0.2) is 58.1 Å². The first-order valence-corrected chi connectivity index (χ1v) is 7.90. The van der Waals surface area contributed by atoms with Gasteiger partial charge in [-0.25, -0.2) is 0 Å². The van der Waals surface area contributed by atoms with Gasteiger partial charge in [0, 0.05) is 0 Å². The molecule has 0 aromatic rings. The zero-order valence-electron chi connectivity index (χ0n) is 11.2. The zero-order chi connectivity index (χ0) is 11.9. The molecule has 0 rings (SSSR count). The van der Waals surface area contributed by atoms with E-state index in [9.17, 15) is 0 Å². The van der Waals surface area contributed by atoms with Crippen molar-refractivity contribution in [3.8, 4) is 0 Å². The average molecular weight is 232 g/mol. The first-order valence-electron chi connectivity index (χ1n) is 6.01. The SMILES string of the molecule is CCN[Si](NCC)(N(C)C)N(CC)CC.